The van der Waals surface area contributed by atoms with Crippen molar-refractivity contribution in [3.63, 3.8) is 0 Å². The van der Waals surface area contributed by atoms with Crippen molar-refractivity contribution in [1.82, 2.24) is 0 Å². The monoisotopic (exact) mass is 402 g/mol. The Bertz CT molecular complexity index is 573. The van der Waals surface area contributed by atoms with Gasteiger partial charge in [-0.1, -0.05) is 53.9 Å². The van der Waals surface area contributed by atoms with Gasteiger partial charge in [-0.15, -0.1) is 0 Å². The van der Waals surface area contributed by atoms with Gasteiger partial charge in [0, 0.05) is 12.1 Å². The molecule has 4 saturated carbocycles. The topological polar surface area (TPSA) is 52.0 Å². The molecule has 0 bridgehead atoms. The lowest BCUT2D eigenvalue weighted by Crippen LogP contribution is -2.61. The lowest BCUT2D eigenvalue weighted by molar-refractivity contribution is -0.124. The van der Waals surface area contributed by atoms with Crippen LogP contribution in [0.5, 0.6) is 0 Å². The van der Waals surface area contributed by atoms with Crippen molar-refractivity contribution in [2.75, 3.05) is 0 Å². The first kappa shape index (κ1) is 22.1. The van der Waals surface area contributed by atoms with Crippen LogP contribution in [-0.2, 0) is 0 Å². The minimum absolute atomic E-state index is 0.419. The highest BCUT2D eigenvalue weighted by molar-refractivity contribution is 5.12. The van der Waals surface area contributed by atoms with Crippen LogP contribution in [0.2, 0.25) is 0 Å². The molecule has 0 aromatic carbocycles. The second-order valence-electron chi connectivity index (χ2n) is 13.0. The molecule has 2 unspecified atom stereocenters. The summed E-state index contributed by atoms with van der Waals surface area (Å²) in [5.41, 5.74) is 14.5. The average Bonchev–Trinajstić information content (AvgIpc) is 3.00. The molecule has 2 heteroatoms. The van der Waals surface area contributed by atoms with Crippen molar-refractivity contribution in [2.24, 2.45) is 63.7 Å². The third-order valence-electron chi connectivity index (χ3n) is 11.0. The average molecular weight is 403 g/mol. The maximum atomic E-state index is 7.01. The van der Waals surface area contributed by atoms with E-state index in [-0.39, 0.29) is 0 Å². The van der Waals surface area contributed by atoms with E-state index in [1.165, 1.54) is 70.6 Å². The van der Waals surface area contributed by atoms with Crippen molar-refractivity contribution >= 4 is 0 Å². The summed E-state index contributed by atoms with van der Waals surface area (Å²) in [5.74, 6) is 5.95. The molecule has 4 fully saturated rings. The van der Waals surface area contributed by atoms with Crippen molar-refractivity contribution in [3.8, 4) is 0 Å². The fourth-order valence-corrected chi connectivity index (χ4v) is 9.38. The molecule has 4 rings (SSSR count). The van der Waals surface area contributed by atoms with Crippen LogP contribution in [-0.4, -0.2) is 12.1 Å². The Morgan fingerprint density at radius 1 is 0.828 bits per heavy atom. The van der Waals surface area contributed by atoms with Gasteiger partial charge in [0.2, 0.25) is 0 Å². The molecular weight excluding hydrogens is 352 g/mol. The smallest absolute Gasteiger partial charge is 0.00757 e. The van der Waals surface area contributed by atoms with E-state index in [1.54, 1.807) is 0 Å². The predicted octanol–water partition coefficient (Wildman–Crippen LogP) is 6.37. The first-order valence-electron chi connectivity index (χ1n) is 13.2. The fourth-order valence-electron chi connectivity index (χ4n) is 9.38. The summed E-state index contributed by atoms with van der Waals surface area (Å²) in [7, 11) is 0. The van der Waals surface area contributed by atoms with E-state index in [0.29, 0.717) is 22.9 Å². The van der Waals surface area contributed by atoms with E-state index >= 15 is 0 Å². The maximum Gasteiger partial charge on any atom is 0.00757 e. The second-order valence-corrected chi connectivity index (χ2v) is 13.0. The number of fused-ring (bicyclic) bond motifs is 5. The Morgan fingerprint density at radius 3 is 2.24 bits per heavy atom. The lowest BCUT2D eigenvalue weighted by atomic mass is 9.43. The molecule has 0 amide bonds. The van der Waals surface area contributed by atoms with E-state index in [9.17, 15) is 0 Å². The molecule has 4 N–H and O–H groups in total. The number of hydrogen-bond donors (Lipinski definition) is 2. The van der Waals surface area contributed by atoms with Crippen LogP contribution in [0.1, 0.15) is 105 Å². The zero-order chi connectivity index (χ0) is 21.0. The summed E-state index contributed by atoms with van der Waals surface area (Å²) < 4.78 is 0. The summed E-state index contributed by atoms with van der Waals surface area (Å²) in [6.45, 7) is 12.6. The van der Waals surface area contributed by atoms with Crippen LogP contribution in [0, 0.1) is 52.3 Å². The third-order valence-corrected chi connectivity index (χ3v) is 11.0. The minimum Gasteiger partial charge on any atom is -0.328 e. The molecule has 0 aromatic rings. The van der Waals surface area contributed by atoms with Gasteiger partial charge in [-0.05, 0) is 104 Å². The van der Waals surface area contributed by atoms with Crippen molar-refractivity contribution in [1.29, 1.82) is 0 Å². The Labute approximate surface area is 181 Å². The third kappa shape index (κ3) is 3.73. The molecule has 2 nitrogen and oxygen atoms in total. The van der Waals surface area contributed by atoms with Crippen molar-refractivity contribution < 1.29 is 0 Å². The molecule has 0 saturated heterocycles. The Balaban J connectivity index is 1.50. The lowest BCUT2D eigenvalue weighted by Gasteiger charge is -2.63. The molecule has 10 atom stereocenters. The number of nitrogens with two attached hydrogens (primary N) is 2. The Kier molecular flexibility index (Phi) is 6.19. The van der Waals surface area contributed by atoms with Gasteiger partial charge in [0.15, 0.2) is 0 Å². The Morgan fingerprint density at radius 2 is 1.52 bits per heavy atom. The summed E-state index contributed by atoms with van der Waals surface area (Å²) >= 11 is 0. The summed E-state index contributed by atoms with van der Waals surface area (Å²) in [4.78, 5) is 0. The highest BCUT2D eigenvalue weighted by Crippen LogP contribution is 2.68. The molecule has 0 radical (unpaired) electrons. The minimum atomic E-state index is 0.419. The van der Waals surface area contributed by atoms with Crippen LogP contribution in [0.15, 0.2) is 0 Å². The van der Waals surface area contributed by atoms with Gasteiger partial charge in [0.1, 0.15) is 0 Å². The molecule has 4 aliphatic rings. The Hall–Kier alpha value is -0.0800. The van der Waals surface area contributed by atoms with E-state index in [2.05, 4.69) is 34.6 Å². The molecular formula is C27H50N2. The maximum absolute atomic E-state index is 7.01. The van der Waals surface area contributed by atoms with Crippen LogP contribution >= 0.6 is 0 Å². The van der Waals surface area contributed by atoms with Gasteiger partial charge in [0.05, 0.1) is 0 Å². The molecule has 0 heterocycles. The van der Waals surface area contributed by atoms with Gasteiger partial charge in [0.25, 0.3) is 0 Å². The van der Waals surface area contributed by atoms with Gasteiger partial charge >= 0.3 is 0 Å². The first-order valence-corrected chi connectivity index (χ1v) is 13.2. The van der Waals surface area contributed by atoms with Gasteiger partial charge < -0.3 is 11.5 Å². The normalized spacial score (nSPS) is 50.7. The van der Waals surface area contributed by atoms with Crippen LogP contribution in [0.25, 0.3) is 0 Å². The predicted molar refractivity (Wildman–Crippen MR) is 124 cm³/mol. The summed E-state index contributed by atoms with van der Waals surface area (Å²) in [6.07, 6.45) is 15.1. The van der Waals surface area contributed by atoms with Crippen LogP contribution < -0.4 is 11.5 Å². The zero-order valence-electron chi connectivity index (χ0n) is 20.1. The van der Waals surface area contributed by atoms with Gasteiger partial charge in [-0.3, -0.25) is 0 Å². The van der Waals surface area contributed by atoms with Crippen LogP contribution in [0.3, 0.4) is 0 Å². The van der Waals surface area contributed by atoms with Crippen molar-refractivity contribution in [3.05, 3.63) is 0 Å². The molecule has 0 spiro atoms. The molecule has 168 valence electrons. The molecule has 4 aliphatic carbocycles. The highest BCUT2D eigenvalue weighted by Gasteiger charge is 2.62. The summed E-state index contributed by atoms with van der Waals surface area (Å²) in [6, 6.07) is 0.844. The van der Waals surface area contributed by atoms with E-state index < -0.39 is 0 Å². The quantitative estimate of drug-likeness (QED) is 0.561. The van der Waals surface area contributed by atoms with Crippen LogP contribution in [0.4, 0.5) is 0 Å². The fraction of sp³-hybridized carbons (Fsp3) is 1.00. The zero-order valence-corrected chi connectivity index (χ0v) is 20.1. The number of rotatable bonds is 5. The van der Waals surface area contributed by atoms with E-state index in [4.69, 9.17) is 11.5 Å². The SMILES string of the molecule is CC(C)CCC[C@@H](C)[C@H]1CC[C@H]2[C@@H]3C(N)C[C@H]4CC(N)CC[C@]4(C)[C@H]3CC[C@]12C. The summed E-state index contributed by atoms with van der Waals surface area (Å²) in [5, 5.41) is 0. The van der Waals surface area contributed by atoms with Crippen molar-refractivity contribution in [2.45, 2.75) is 117 Å². The second kappa shape index (κ2) is 8.12. The molecule has 0 aromatic heterocycles. The molecule has 0 aliphatic heterocycles. The van der Waals surface area contributed by atoms with E-state index in [0.717, 1.165) is 41.4 Å². The number of hydrogen-bond acceptors (Lipinski definition) is 2. The highest BCUT2D eigenvalue weighted by atomic mass is 14.8. The van der Waals surface area contributed by atoms with E-state index in [1.807, 2.05) is 0 Å². The largest absolute Gasteiger partial charge is 0.328 e. The molecule has 29 heavy (non-hydrogen) atoms. The first-order chi connectivity index (χ1) is 13.7. The van der Waals surface area contributed by atoms with Gasteiger partial charge in [-0.25, -0.2) is 0 Å². The van der Waals surface area contributed by atoms with Gasteiger partial charge in [-0.2, -0.15) is 0 Å². The standard InChI is InChI=1S/C27H50N2/c1-17(2)7-6-8-18(3)21-9-10-22-25-23(12-14-27(21,22)5)26(4)13-11-20(28)15-19(26)16-24(25)29/h17-25H,6-16,28-29H2,1-5H3/t18-,19-,20?,21-,22+,23+,24?,25+,26+,27-/m1/s1.